The maximum absolute atomic E-state index is 12.9. The number of unbranched alkanes of at least 4 members (excludes halogenated alkanes) is 27. The molecule has 0 spiro atoms. The van der Waals surface area contributed by atoms with E-state index in [2.05, 4.69) is 41.5 Å². The first kappa shape index (κ1) is 77.1. The summed E-state index contributed by atoms with van der Waals surface area (Å²) in [4.78, 5) is 71.8. The number of phosphoric acid groups is 2. The first-order valence-electron chi connectivity index (χ1n) is 31.6. The van der Waals surface area contributed by atoms with E-state index in [1.807, 2.05) is 0 Å². The van der Waals surface area contributed by atoms with E-state index in [9.17, 15) is 43.2 Å². The van der Waals surface area contributed by atoms with Crippen molar-refractivity contribution in [2.75, 3.05) is 39.6 Å². The van der Waals surface area contributed by atoms with Gasteiger partial charge in [-0.1, -0.05) is 241 Å². The zero-order chi connectivity index (χ0) is 58.7. The van der Waals surface area contributed by atoms with Crippen LogP contribution in [0.5, 0.6) is 0 Å². The predicted octanol–water partition coefficient (Wildman–Crippen LogP) is 16.1. The Morgan fingerprint density at radius 3 is 0.899 bits per heavy atom. The molecule has 0 rings (SSSR count). The minimum atomic E-state index is -4.94. The molecule has 0 aromatic heterocycles. The van der Waals surface area contributed by atoms with Gasteiger partial charge in [-0.3, -0.25) is 37.3 Å². The van der Waals surface area contributed by atoms with Crippen molar-refractivity contribution in [2.24, 2.45) is 11.8 Å². The van der Waals surface area contributed by atoms with Crippen molar-refractivity contribution in [3.63, 3.8) is 0 Å². The molecule has 0 bridgehead atoms. The predicted molar refractivity (Wildman–Crippen MR) is 312 cm³/mol. The number of phosphoric ester groups is 2. The lowest BCUT2D eigenvalue weighted by molar-refractivity contribution is -0.161. The van der Waals surface area contributed by atoms with E-state index in [1.54, 1.807) is 0 Å². The molecule has 19 heteroatoms. The fraction of sp³-hybridized carbons (Fsp3) is 0.933. The molecule has 0 saturated carbocycles. The topological polar surface area (TPSA) is 237 Å². The Balaban J connectivity index is 5.19. The molecule has 0 fully saturated rings. The molecule has 0 aromatic rings. The Labute approximate surface area is 479 Å². The van der Waals surface area contributed by atoms with E-state index in [-0.39, 0.29) is 25.7 Å². The van der Waals surface area contributed by atoms with Crippen molar-refractivity contribution in [1.82, 2.24) is 0 Å². The summed E-state index contributed by atoms with van der Waals surface area (Å²) >= 11 is 0. The van der Waals surface area contributed by atoms with Crippen molar-refractivity contribution in [3.05, 3.63) is 0 Å². The summed E-state index contributed by atoms with van der Waals surface area (Å²) in [6.07, 6.45) is 33.7. The van der Waals surface area contributed by atoms with Crippen LogP contribution in [0.4, 0.5) is 0 Å². The second-order valence-corrected chi connectivity index (χ2v) is 25.1. The third-order valence-electron chi connectivity index (χ3n) is 14.4. The molecule has 468 valence electrons. The Morgan fingerprint density at radius 2 is 0.608 bits per heavy atom. The molecular weight excluding hydrogens is 1050 g/mol. The van der Waals surface area contributed by atoms with Gasteiger partial charge in [-0.25, -0.2) is 9.13 Å². The first-order valence-corrected chi connectivity index (χ1v) is 34.6. The smallest absolute Gasteiger partial charge is 0.462 e. The molecule has 7 atom stereocenters. The summed E-state index contributed by atoms with van der Waals surface area (Å²) in [5, 5.41) is 10.5. The monoisotopic (exact) mass is 1170 g/mol. The van der Waals surface area contributed by atoms with Crippen LogP contribution >= 0.6 is 15.6 Å². The molecule has 0 aliphatic carbocycles. The number of aliphatic hydroxyl groups excluding tert-OH is 1. The average Bonchev–Trinajstić information content (AvgIpc) is 3.42. The molecule has 0 aliphatic heterocycles. The van der Waals surface area contributed by atoms with Crippen LogP contribution in [-0.2, 0) is 65.4 Å². The van der Waals surface area contributed by atoms with E-state index in [0.29, 0.717) is 25.7 Å². The molecule has 0 aromatic carbocycles. The van der Waals surface area contributed by atoms with Gasteiger partial charge in [-0.2, -0.15) is 0 Å². The van der Waals surface area contributed by atoms with Gasteiger partial charge in [0.1, 0.15) is 19.3 Å². The van der Waals surface area contributed by atoms with Crippen molar-refractivity contribution >= 4 is 39.5 Å². The number of ether oxygens (including phenoxy) is 4. The van der Waals surface area contributed by atoms with Gasteiger partial charge in [0.2, 0.25) is 0 Å². The maximum Gasteiger partial charge on any atom is 0.472 e. The van der Waals surface area contributed by atoms with Crippen molar-refractivity contribution in [1.29, 1.82) is 0 Å². The van der Waals surface area contributed by atoms with Crippen LogP contribution in [0.3, 0.4) is 0 Å². The maximum atomic E-state index is 12.9. The Morgan fingerprint density at radius 1 is 0.354 bits per heavy atom. The highest BCUT2D eigenvalue weighted by molar-refractivity contribution is 7.47. The fourth-order valence-corrected chi connectivity index (χ4v) is 10.3. The summed E-state index contributed by atoms with van der Waals surface area (Å²) < 4.78 is 67.6. The van der Waals surface area contributed by atoms with Gasteiger partial charge in [0, 0.05) is 25.7 Å². The zero-order valence-electron chi connectivity index (χ0n) is 50.7. The number of esters is 4. The molecule has 17 nitrogen and oxygen atoms in total. The lowest BCUT2D eigenvalue weighted by atomic mass is 9.99. The quantitative estimate of drug-likeness (QED) is 0.0222. The van der Waals surface area contributed by atoms with Gasteiger partial charge < -0.3 is 33.8 Å². The largest absolute Gasteiger partial charge is 0.472 e. The third-order valence-corrected chi connectivity index (χ3v) is 16.3. The van der Waals surface area contributed by atoms with Crippen LogP contribution in [0.1, 0.15) is 292 Å². The lowest BCUT2D eigenvalue weighted by Crippen LogP contribution is -2.30. The van der Waals surface area contributed by atoms with E-state index >= 15 is 0 Å². The first-order chi connectivity index (χ1) is 37.9. The summed E-state index contributed by atoms with van der Waals surface area (Å²) in [5.41, 5.74) is 0. The Hall–Kier alpha value is -1.94. The van der Waals surface area contributed by atoms with E-state index in [1.165, 1.54) is 96.3 Å². The van der Waals surface area contributed by atoms with Crippen molar-refractivity contribution < 1.29 is 80.2 Å². The highest BCUT2D eigenvalue weighted by atomic mass is 31.2. The zero-order valence-corrected chi connectivity index (χ0v) is 52.4. The van der Waals surface area contributed by atoms with Crippen LogP contribution in [0.15, 0.2) is 0 Å². The summed E-state index contributed by atoms with van der Waals surface area (Å²) in [6, 6.07) is 0. The Bertz CT molecular complexity index is 1570. The minimum absolute atomic E-state index is 0.105. The van der Waals surface area contributed by atoms with Gasteiger partial charge in [0.25, 0.3) is 0 Å². The average molecular weight is 1170 g/mol. The standard InChI is InChI=1S/C60H116O17P2/c1-7-11-13-15-16-17-21-24-32-38-44-59(64)76-55(48-70-57(62)42-36-28-14-12-8-2)50-74-78(66,67)72-46-54(61)47-73-79(68,69)75-51-56(49-71-58(63)43-37-31-27-26-30-35-41-53(6)10-4)77-60(65)45-39-33-25-22-19-18-20-23-29-34-40-52(5)9-3/h52-56,61H,7-51H2,1-6H3,(H,66,67)(H,68,69)/t52?,53?,54-,55+,56+/m0/s1. The lowest BCUT2D eigenvalue weighted by Gasteiger charge is -2.21. The second-order valence-electron chi connectivity index (χ2n) is 22.2. The van der Waals surface area contributed by atoms with Gasteiger partial charge in [-0.15, -0.1) is 0 Å². The second kappa shape index (κ2) is 52.8. The van der Waals surface area contributed by atoms with E-state index in [0.717, 1.165) is 115 Å². The minimum Gasteiger partial charge on any atom is -0.462 e. The Kier molecular flexibility index (Phi) is 51.5. The molecule has 0 radical (unpaired) electrons. The SMILES string of the molecule is CCCCCCCCCCCCC(=O)O[C@H](COC(=O)CCCCCCC)COP(=O)(O)OC[C@H](O)COP(=O)(O)OC[C@@H](COC(=O)CCCCCCCCC(C)CC)OC(=O)CCCCCCCCCCCCC(C)CC. The van der Waals surface area contributed by atoms with Crippen molar-refractivity contribution in [2.45, 2.75) is 310 Å². The number of rotatable bonds is 59. The number of carbonyl (C=O) groups is 4. The van der Waals surface area contributed by atoms with E-state index < -0.39 is 97.5 Å². The molecule has 4 unspecified atom stereocenters. The molecule has 0 amide bonds. The molecule has 79 heavy (non-hydrogen) atoms. The third kappa shape index (κ3) is 52.6. The van der Waals surface area contributed by atoms with E-state index in [4.69, 9.17) is 37.0 Å². The van der Waals surface area contributed by atoms with Crippen LogP contribution in [0, 0.1) is 11.8 Å². The van der Waals surface area contributed by atoms with Crippen LogP contribution in [-0.4, -0.2) is 96.7 Å². The molecule has 0 heterocycles. The number of aliphatic hydroxyl groups is 1. The van der Waals surface area contributed by atoms with Crippen molar-refractivity contribution in [3.8, 4) is 0 Å². The summed E-state index contributed by atoms with van der Waals surface area (Å²) in [7, 11) is -9.87. The van der Waals surface area contributed by atoms with Crippen LogP contribution in [0.25, 0.3) is 0 Å². The molecule has 0 saturated heterocycles. The van der Waals surface area contributed by atoms with Crippen LogP contribution in [0.2, 0.25) is 0 Å². The normalized spacial score (nSPS) is 15.1. The number of hydrogen-bond acceptors (Lipinski definition) is 15. The highest BCUT2D eigenvalue weighted by Crippen LogP contribution is 2.45. The molecular formula is C60H116O17P2. The summed E-state index contributed by atoms with van der Waals surface area (Å²) in [6.45, 7) is 9.35. The van der Waals surface area contributed by atoms with Gasteiger partial charge in [0.15, 0.2) is 12.2 Å². The van der Waals surface area contributed by atoms with Gasteiger partial charge >= 0.3 is 39.5 Å². The van der Waals surface area contributed by atoms with Gasteiger partial charge in [0.05, 0.1) is 26.4 Å². The van der Waals surface area contributed by atoms with Gasteiger partial charge in [-0.05, 0) is 37.5 Å². The fourth-order valence-electron chi connectivity index (χ4n) is 8.76. The molecule has 0 aliphatic rings. The highest BCUT2D eigenvalue weighted by Gasteiger charge is 2.30. The molecule has 3 N–H and O–H groups in total. The number of carbonyl (C=O) groups excluding carboxylic acids is 4. The summed E-state index contributed by atoms with van der Waals surface area (Å²) in [5.74, 6) is -0.617. The van der Waals surface area contributed by atoms with Crippen LogP contribution < -0.4 is 0 Å². The number of hydrogen-bond donors (Lipinski definition) is 3.